The highest BCUT2D eigenvalue weighted by molar-refractivity contribution is 7.16. The van der Waals surface area contributed by atoms with Crippen molar-refractivity contribution in [1.29, 1.82) is 0 Å². The number of benzene rings is 2. The Balaban J connectivity index is 1.72. The van der Waals surface area contributed by atoms with Gasteiger partial charge in [0.05, 0.1) is 15.7 Å². The standard InChI is InChI=1S/C16H11ClN2OS/c17-13-4-2-1-3-11(13)5-8-16(20)19-12-6-7-14-15(9-12)21-10-18-14/h1-10H,(H,19,20). The van der Waals surface area contributed by atoms with E-state index in [-0.39, 0.29) is 5.91 Å². The zero-order valence-corrected chi connectivity index (χ0v) is 12.5. The van der Waals surface area contributed by atoms with Crippen molar-refractivity contribution in [2.45, 2.75) is 0 Å². The molecule has 1 heterocycles. The number of amides is 1. The lowest BCUT2D eigenvalue weighted by atomic mass is 10.2. The molecule has 0 saturated heterocycles. The number of anilines is 1. The molecule has 0 saturated carbocycles. The number of rotatable bonds is 3. The fourth-order valence-electron chi connectivity index (χ4n) is 1.89. The molecule has 0 aliphatic rings. The van der Waals surface area contributed by atoms with Crippen LogP contribution in [0, 0.1) is 0 Å². The second-order valence-electron chi connectivity index (χ2n) is 4.38. The molecule has 0 atom stereocenters. The maximum absolute atomic E-state index is 11.9. The van der Waals surface area contributed by atoms with E-state index in [4.69, 9.17) is 11.6 Å². The van der Waals surface area contributed by atoms with Crippen molar-refractivity contribution in [3.05, 3.63) is 64.6 Å². The van der Waals surface area contributed by atoms with Gasteiger partial charge in [0.25, 0.3) is 0 Å². The summed E-state index contributed by atoms with van der Waals surface area (Å²) in [6, 6.07) is 13.0. The third-order valence-corrected chi connectivity index (χ3v) is 4.05. The van der Waals surface area contributed by atoms with Crippen LogP contribution < -0.4 is 5.32 Å². The van der Waals surface area contributed by atoms with Crippen LogP contribution in [-0.4, -0.2) is 10.9 Å². The number of carbonyl (C=O) groups is 1. The minimum atomic E-state index is -0.196. The highest BCUT2D eigenvalue weighted by atomic mass is 35.5. The van der Waals surface area contributed by atoms with Crippen LogP contribution in [0.2, 0.25) is 5.02 Å². The summed E-state index contributed by atoms with van der Waals surface area (Å²) >= 11 is 7.58. The van der Waals surface area contributed by atoms with Crippen molar-refractivity contribution in [3.8, 4) is 0 Å². The summed E-state index contributed by atoms with van der Waals surface area (Å²) in [5, 5.41) is 3.44. The van der Waals surface area contributed by atoms with E-state index < -0.39 is 0 Å². The predicted octanol–water partition coefficient (Wildman–Crippen LogP) is 4.60. The summed E-state index contributed by atoms with van der Waals surface area (Å²) in [6.45, 7) is 0. The van der Waals surface area contributed by atoms with Crippen molar-refractivity contribution < 1.29 is 4.79 Å². The van der Waals surface area contributed by atoms with E-state index in [1.165, 1.54) is 6.08 Å². The first-order valence-electron chi connectivity index (χ1n) is 6.29. The van der Waals surface area contributed by atoms with Gasteiger partial charge < -0.3 is 5.32 Å². The minimum absolute atomic E-state index is 0.196. The van der Waals surface area contributed by atoms with Gasteiger partial charge in [-0.05, 0) is 35.9 Å². The number of nitrogens with one attached hydrogen (secondary N) is 1. The summed E-state index contributed by atoms with van der Waals surface area (Å²) in [6.07, 6.45) is 3.17. The van der Waals surface area contributed by atoms with Crippen molar-refractivity contribution in [1.82, 2.24) is 4.98 Å². The zero-order chi connectivity index (χ0) is 14.7. The molecule has 5 heteroatoms. The first kappa shape index (κ1) is 13.8. The molecule has 1 amide bonds. The first-order valence-corrected chi connectivity index (χ1v) is 7.55. The fraction of sp³-hybridized carbons (Fsp3) is 0. The second kappa shape index (κ2) is 6.08. The fourth-order valence-corrected chi connectivity index (χ4v) is 2.81. The van der Waals surface area contributed by atoms with Crippen LogP contribution in [0.5, 0.6) is 0 Å². The minimum Gasteiger partial charge on any atom is -0.322 e. The molecule has 104 valence electrons. The number of hydrogen-bond acceptors (Lipinski definition) is 3. The van der Waals surface area contributed by atoms with Gasteiger partial charge in [-0.2, -0.15) is 0 Å². The number of fused-ring (bicyclic) bond motifs is 1. The lowest BCUT2D eigenvalue weighted by molar-refractivity contribution is -0.111. The van der Waals surface area contributed by atoms with Gasteiger partial charge in [0.1, 0.15) is 0 Å². The van der Waals surface area contributed by atoms with Crippen LogP contribution in [0.4, 0.5) is 5.69 Å². The number of aromatic nitrogens is 1. The van der Waals surface area contributed by atoms with Gasteiger partial charge in [-0.15, -0.1) is 11.3 Å². The SMILES string of the molecule is O=C(C=Cc1ccccc1Cl)Nc1ccc2ncsc2c1. The molecule has 3 aromatic rings. The van der Waals surface area contributed by atoms with Crippen LogP contribution in [0.25, 0.3) is 16.3 Å². The van der Waals surface area contributed by atoms with E-state index in [0.29, 0.717) is 5.02 Å². The number of carbonyl (C=O) groups excluding carboxylic acids is 1. The summed E-state index contributed by atoms with van der Waals surface area (Å²) in [4.78, 5) is 16.1. The molecule has 0 fully saturated rings. The number of halogens is 1. The number of hydrogen-bond donors (Lipinski definition) is 1. The molecule has 0 aliphatic carbocycles. The Labute approximate surface area is 130 Å². The van der Waals surface area contributed by atoms with E-state index in [1.807, 2.05) is 36.4 Å². The lowest BCUT2D eigenvalue weighted by Crippen LogP contribution is -2.07. The quantitative estimate of drug-likeness (QED) is 0.718. The largest absolute Gasteiger partial charge is 0.322 e. The van der Waals surface area contributed by atoms with Gasteiger partial charge in [0, 0.05) is 16.8 Å². The van der Waals surface area contributed by atoms with Crippen LogP contribution in [0.1, 0.15) is 5.56 Å². The average Bonchev–Trinajstić information content (AvgIpc) is 2.94. The average molecular weight is 315 g/mol. The Hall–Kier alpha value is -2.17. The molecule has 1 aromatic heterocycles. The molecular formula is C16H11ClN2OS. The second-order valence-corrected chi connectivity index (χ2v) is 5.67. The molecule has 1 N–H and O–H groups in total. The van der Waals surface area contributed by atoms with E-state index in [1.54, 1.807) is 29.0 Å². The molecule has 2 aromatic carbocycles. The lowest BCUT2D eigenvalue weighted by Gasteiger charge is -2.02. The molecule has 21 heavy (non-hydrogen) atoms. The van der Waals surface area contributed by atoms with Gasteiger partial charge in [0.15, 0.2) is 0 Å². The predicted molar refractivity (Wildman–Crippen MR) is 88.7 cm³/mol. The molecule has 0 bridgehead atoms. The Morgan fingerprint density at radius 3 is 2.95 bits per heavy atom. The smallest absolute Gasteiger partial charge is 0.248 e. The maximum Gasteiger partial charge on any atom is 0.248 e. The summed E-state index contributed by atoms with van der Waals surface area (Å²) in [5.41, 5.74) is 4.28. The van der Waals surface area contributed by atoms with Gasteiger partial charge in [-0.1, -0.05) is 29.8 Å². The highest BCUT2D eigenvalue weighted by Crippen LogP contribution is 2.22. The molecular weight excluding hydrogens is 304 g/mol. The van der Waals surface area contributed by atoms with E-state index in [0.717, 1.165) is 21.5 Å². The number of nitrogens with zero attached hydrogens (tertiary/aromatic N) is 1. The van der Waals surface area contributed by atoms with Gasteiger partial charge in [0.2, 0.25) is 5.91 Å². The van der Waals surface area contributed by atoms with E-state index >= 15 is 0 Å². The third-order valence-electron chi connectivity index (χ3n) is 2.92. The van der Waals surface area contributed by atoms with Crippen molar-refractivity contribution in [3.63, 3.8) is 0 Å². The van der Waals surface area contributed by atoms with Crippen LogP contribution in [0.3, 0.4) is 0 Å². The highest BCUT2D eigenvalue weighted by Gasteiger charge is 2.02. The Morgan fingerprint density at radius 2 is 2.10 bits per heavy atom. The summed E-state index contributed by atoms with van der Waals surface area (Å²) < 4.78 is 1.04. The molecule has 3 rings (SSSR count). The van der Waals surface area contributed by atoms with Crippen molar-refractivity contribution >= 4 is 50.8 Å². The monoisotopic (exact) mass is 314 g/mol. The first-order chi connectivity index (χ1) is 10.2. The Morgan fingerprint density at radius 1 is 1.24 bits per heavy atom. The molecule has 0 radical (unpaired) electrons. The van der Waals surface area contributed by atoms with Crippen molar-refractivity contribution in [2.75, 3.05) is 5.32 Å². The Bertz CT molecular complexity index is 826. The Kier molecular flexibility index (Phi) is 3.99. The normalized spacial score (nSPS) is 11.1. The number of thiazole rings is 1. The van der Waals surface area contributed by atoms with E-state index in [9.17, 15) is 4.79 Å². The van der Waals surface area contributed by atoms with Crippen LogP contribution in [0.15, 0.2) is 54.1 Å². The van der Waals surface area contributed by atoms with Gasteiger partial charge in [-0.25, -0.2) is 4.98 Å². The van der Waals surface area contributed by atoms with Crippen LogP contribution in [-0.2, 0) is 4.79 Å². The molecule has 3 nitrogen and oxygen atoms in total. The summed E-state index contributed by atoms with van der Waals surface area (Å²) in [5.74, 6) is -0.196. The topological polar surface area (TPSA) is 42.0 Å². The van der Waals surface area contributed by atoms with Crippen molar-refractivity contribution in [2.24, 2.45) is 0 Å². The molecule has 0 unspecified atom stereocenters. The molecule has 0 spiro atoms. The third kappa shape index (κ3) is 3.29. The summed E-state index contributed by atoms with van der Waals surface area (Å²) in [7, 11) is 0. The van der Waals surface area contributed by atoms with Gasteiger partial charge in [-0.3, -0.25) is 4.79 Å². The zero-order valence-electron chi connectivity index (χ0n) is 10.9. The van der Waals surface area contributed by atoms with E-state index in [2.05, 4.69) is 10.3 Å². The maximum atomic E-state index is 11.9. The van der Waals surface area contributed by atoms with Gasteiger partial charge >= 0.3 is 0 Å². The van der Waals surface area contributed by atoms with Crippen LogP contribution >= 0.6 is 22.9 Å². The molecule has 0 aliphatic heterocycles.